The van der Waals surface area contributed by atoms with Crippen molar-refractivity contribution in [2.24, 2.45) is 0 Å². The number of halogens is 1. The molecule has 3 heterocycles. The predicted molar refractivity (Wildman–Crippen MR) is 96.6 cm³/mol. The number of carbonyl (C=O) groups excluding carboxylic acids is 1. The van der Waals surface area contributed by atoms with E-state index in [1.54, 1.807) is 18.2 Å². The fraction of sp³-hybridized carbons (Fsp3) is 0.111. The van der Waals surface area contributed by atoms with E-state index in [-0.39, 0.29) is 5.91 Å². The number of nitrogens with zero attached hydrogens (tertiary/aromatic N) is 2. The molecule has 0 fully saturated rings. The van der Waals surface area contributed by atoms with Gasteiger partial charge in [0, 0.05) is 22.5 Å². The highest BCUT2D eigenvalue weighted by Crippen LogP contribution is 2.36. The van der Waals surface area contributed by atoms with Gasteiger partial charge in [0.25, 0.3) is 5.91 Å². The van der Waals surface area contributed by atoms with Crippen molar-refractivity contribution in [1.29, 1.82) is 0 Å². The number of pyridine rings is 1. The molecule has 0 atom stereocenters. The first-order valence-electron chi connectivity index (χ1n) is 7.39. The molecule has 0 unspecified atom stereocenters. The van der Waals surface area contributed by atoms with Crippen LogP contribution in [0.25, 0.3) is 21.0 Å². The number of fused-ring (bicyclic) bond motifs is 3. The number of para-hydroxylation sites is 1. The number of hydrogen-bond donors (Lipinski definition) is 0. The Morgan fingerprint density at radius 2 is 2.08 bits per heavy atom. The van der Waals surface area contributed by atoms with Crippen molar-refractivity contribution < 1.29 is 9.21 Å². The van der Waals surface area contributed by atoms with Gasteiger partial charge in [-0.3, -0.25) is 4.79 Å². The standard InChI is InChI=1S/C18H13ClN2O2S/c1-21(10-11-5-4-8-23-11)18(22)15-9-13-16(24-15)12-6-2-3-7-14(12)20-17(13)19/h2-9H,10H2,1H3. The molecule has 24 heavy (non-hydrogen) atoms. The Morgan fingerprint density at radius 1 is 1.25 bits per heavy atom. The Bertz CT molecular complexity index is 1040. The lowest BCUT2D eigenvalue weighted by Gasteiger charge is -2.14. The first kappa shape index (κ1) is 15.2. The van der Waals surface area contributed by atoms with Gasteiger partial charge in [0.2, 0.25) is 0 Å². The molecule has 0 aliphatic rings. The van der Waals surface area contributed by atoms with Gasteiger partial charge >= 0.3 is 0 Å². The third-order valence-electron chi connectivity index (χ3n) is 3.85. The van der Waals surface area contributed by atoms with Gasteiger partial charge in [-0.1, -0.05) is 29.8 Å². The van der Waals surface area contributed by atoms with Crippen molar-refractivity contribution in [3.8, 4) is 0 Å². The summed E-state index contributed by atoms with van der Waals surface area (Å²) >= 11 is 7.75. The summed E-state index contributed by atoms with van der Waals surface area (Å²) in [5.41, 5.74) is 0.833. The predicted octanol–water partition coefficient (Wildman–Crippen LogP) is 4.97. The maximum atomic E-state index is 12.7. The normalized spacial score (nSPS) is 11.2. The fourth-order valence-corrected chi connectivity index (χ4v) is 4.16. The lowest BCUT2D eigenvalue weighted by molar-refractivity contribution is 0.0780. The number of amides is 1. The van der Waals surface area contributed by atoms with Crippen molar-refractivity contribution in [3.63, 3.8) is 0 Å². The Hall–Kier alpha value is -2.37. The maximum Gasteiger partial charge on any atom is 0.264 e. The number of aromatic nitrogens is 1. The van der Waals surface area contributed by atoms with E-state index < -0.39 is 0 Å². The molecule has 4 nitrogen and oxygen atoms in total. The molecule has 3 aromatic heterocycles. The number of benzene rings is 1. The molecule has 0 aliphatic carbocycles. The SMILES string of the molecule is CN(Cc1ccco1)C(=O)c1cc2c(Cl)nc3ccccc3c2s1. The van der Waals surface area contributed by atoms with Crippen LogP contribution in [0.1, 0.15) is 15.4 Å². The molecule has 4 rings (SSSR count). The fourth-order valence-electron chi connectivity index (χ4n) is 2.68. The van der Waals surface area contributed by atoms with Crippen LogP contribution < -0.4 is 0 Å². The average molecular weight is 357 g/mol. The van der Waals surface area contributed by atoms with E-state index in [2.05, 4.69) is 4.98 Å². The van der Waals surface area contributed by atoms with Gasteiger partial charge in [-0.25, -0.2) is 4.98 Å². The number of carbonyl (C=O) groups is 1. The summed E-state index contributed by atoms with van der Waals surface area (Å²) in [6, 6.07) is 13.3. The van der Waals surface area contributed by atoms with E-state index in [1.807, 2.05) is 42.5 Å². The molecule has 6 heteroatoms. The lowest BCUT2D eigenvalue weighted by Crippen LogP contribution is -2.25. The molecular formula is C18H13ClN2O2S. The molecule has 1 aromatic carbocycles. The zero-order valence-corrected chi connectivity index (χ0v) is 14.4. The molecule has 0 aliphatic heterocycles. The summed E-state index contributed by atoms with van der Waals surface area (Å²) < 4.78 is 6.29. The molecule has 1 amide bonds. The largest absolute Gasteiger partial charge is 0.467 e. The second-order valence-corrected chi connectivity index (χ2v) is 6.92. The zero-order valence-electron chi connectivity index (χ0n) is 12.8. The van der Waals surface area contributed by atoms with Gasteiger partial charge in [-0.2, -0.15) is 0 Å². The smallest absolute Gasteiger partial charge is 0.264 e. The third-order valence-corrected chi connectivity index (χ3v) is 5.30. The van der Waals surface area contributed by atoms with Crippen LogP contribution in [0, 0.1) is 0 Å². The highest BCUT2D eigenvalue weighted by molar-refractivity contribution is 7.21. The molecule has 0 radical (unpaired) electrons. The minimum atomic E-state index is -0.0623. The second-order valence-electron chi connectivity index (χ2n) is 5.51. The van der Waals surface area contributed by atoms with Crippen LogP contribution in [-0.2, 0) is 6.54 Å². The minimum absolute atomic E-state index is 0.0623. The van der Waals surface area contributed by atoms with E-state index >= 15 is 0 Å². The van der Waals surface area contributed by atoms with Crippen molar-refractivity contribution in [3.05, 3.63) is 64.5 Å². The topological polar surface area (TPSA) is 46.3 Å². The lowest BCUT2D eigenvalue weighted by atomic mass is 10.2. The van der Waals surface area contributed by atoms with Crippen molar-refractivity contribution in [2.75, 3.05) is 7.05 Å². The van der Waals surface area contributed by atoms with Crippen molar-refractivity contribution in [2.45, 2.75) is 6.54 Å². The van der Waals surface area contributed by atoms with Crippen LogP contribution in [0.3, 0.4) is 0 Å². The quantitative estimate of drug-likeness (QED) is 0.487. The summed E-state index contributed by atoms with van der Waals surface area (Å²) in [5.74, 6) is 0.685. The maximum absolute atomic E-state index is 12.7. The van der Waals surface area contributed by atoms with E-state index in [4.69, 9.17) is 16.0 Å². The molecule has 0 saturated carbocycles. The molecule has 120 valence electrons. The third kappa shape index (κ3) is 2.56. The van der Waals surface area contributed by atoms with Gasteiger partial charge in [0.15, 0.2) is 0 Å². The van der Waals surface area contributed by atoms with E-state index in [0.29, 0.717) is 16.6 Å². The van der Waals surface area contributed by atoms with Crippen LogP contribution >= 0.6 is 22.9 Å². The van der Waals surface area contributed by atoms with Gasteiger partial charge in [-0.05, 0) is 24.3 Å². The highest BCUT2D eigenvalue weighted by atomic mass is 35.5. The number of thiophene rings is 1. The monoisotopic (exact) mass is 356 g/mol. The summed E-state index contributed by atoms with van der Waals surface area (Å²) in [6.45, 7) is 0.423. The Balaban J connectivity index is 1.75. The van der Waals surface area contributed by atoms with Crippen LogP contribution in [-0.4, -0.2) is 22.8 Å². The summed E-state index contributed by atoms with van der Waals surface area (Å²) in [4.78, 5) is 19.4. The second kappa shape index (κ2) is 5.92. The van der Waals surface area contributed by atoms with Gasteiger partial charge in [0.05, 0.1) is 23.2 Å². The first-order valence-corrected chi connectivity index (χ1v) is 8.58. The van der Waals surface area contributed by atoms with E-state index in [9.17, 15) is 4.79 Å². The number of rotatable bonds is 3. The molecule has 0 bridgehead atoms. The molecular weight excluding hydrogens is 344 g/mol. The minimum Gasteiger partial charge on any atom is -0.467 e. The summed E-state index contributed by atoms with van der Waals surface area (Å²) in [5, 5.41) is 2.25. The first-order chi connectivity index (χ1) is 11.6. The van der Waals surface area contributed by atoms with Crippen molar-refractivity contribution in [1.82, 2.24) is 9.88 Å². The van der Waals surface area contributed by atoms with E-state index in [1.165, 1.54) is 11.3 Å². The molecule has 0 saturated heterocycles. The van der Waals surface area contributed by atoms with E-state index in [0.717, 1.165) is 26.7 Å². The summed E-state index contributed by atoms with van der Waals surface area (Å²) in [6.07, 6.45) is 1.60. The molecule has 0 N–H and O–H groups in total. The van der Waals surface area contributed by atoms with Gasteiger partial charge < -0.3 is 9.32 Å². The van der Waals surface area contributed by atoms with Crippen molar-refractivity contribution >= 4 is 49.8 Å². The van der Waals surface area contributed by atoms with Gasteiger partial charge in [0.1, 0.15) is 10.9 Å². The highest BCUT2D eigenvalue weighted by Gasteiger charge is 2.19. The Kier molecular flexibility index (Phi) is 3.75. The molecule has 0 spiro atoms. The van der Waals surface area contributed by atoms with Crippen LogP contribution in [0.5, 0.6) is 0 Å². The van der Waals surface area contributed by atoms with Crippen LogP contribution in [0.15, 0.2) is 53.1 Å². The van der Waals surface area contributed by atoms with Crippen LogP contribution in [0.2, 0.25) is 5.15 Å². The Labute approximate surface area is 147 Å². The Morgan fingerprint density at radius 3 is 2.88 bits per heavy atom. The number of furan rings is 1. The number of hydrogen-bond acceptors (Lipinski definition) is 4. The molecule has 4 aromatic rings. The average Bonchev–Trinajstić information content (AvgIpc) is 3.24. The van der Waals surface area contributed by atoms with Crippen LogP contribution in [0.4, 0.5) is 0 Å². The zero-order chi connectivity index (χ0) is 16.7. The van der Waals surface area contributed by atoms with Gasteiger partial charge in [-0.15, -0.1) is 11.3 Å². The summed E-state index contributed by atoms with van der Waals surface area (Å²) in [7, 11) is 1.76.